The minimum Gasteiger partial charge on any atom is -0.370 e. The van der Waals surface area contributed by atoms with Gasteiger partial charge in [-0.15, -0.1) is 0 Å². The first-order valence-electron chi connectivity index (χ1n) is 4.60. The summed E-state index contributed by atoms with van der Waals surface area (Å²) in [6.07, 6.45) is 5.50. The van der Waals surface area contributed by atoms with E-state index in [1.54, 1.807) is 6.20 Å². The first-order valence-corrected chi connectivity index (χ1v) is 4.60. The summed E-state index contributed by atoms with van der Waals surface area (Å²) in [4.78, 5) is 4.16. The molecule has 0 aromatic heterocycles. The highest BCUT2D eigenvalue weighted by molar-refractivity contribution is 5.80. The zero-order valence-electron chi connectivity index (χ0n) is 8.25. The van der Waals surface area contributed by atoms with Gasteiger partial charge in [0.15, 0.2) is 5.96 Å². The monoisotopic (exact) mass is 182 g/mol. The lowest BCUT2D eigenvalue weighted by Gasteiger charge is -2.25. The molecule has 0 aromatic rings. The fourth-order valence-corrected chi connectivity index (χ4v) is 1.22. The number of guanidine groups is 1. The summed E-state index contributed by atoms with van der Waals surface area (Å²) in [5.41, 5.74) is 10.9. The molecule has 5 N–H and O–H groups in total. The Balaban J connectivity index is 2.54. The maximum atomic E-state index is 6.00. The van der Waals surface area contributed by atoms with E-state index < -0.39 is 5.66 Å². The third kappa shape index (κ3) is 3.06. The lowest BCUT2D eigenvalue weighted by Crippen LogP contribution is -2.44. The van der Waals surface area contributed by atoms with Crippen LogP contribution in [0.1, 0.15) is 26.7 Å². The predicted octanol–water partition coefficient (Wildman–Crippen LogP) is 0.509. The van der Waals surface area contributed by atoms with Crippen LogP contribution in [0, 0.1) is 5.92 Å². The van der Waals surface area contributed by atoms with Crippen molar-refractivity contribution in [1.82, 2.24) is 5.32 Å². The molecule has 4 nitrogen and oxygen atoms in total. The fourth-order valence-electron chi connectivity index (χ4n) is 1.22. The molecule has 0 aliphatic carbocycles. The molecule has 0 saturated carbocycles. The van der Waals surface area contributed by atoms with Crippen LogP contribution in [-0.2, 0) is 0 Å². The van der Waals surface area contributed by atoms with Gasteiger partial charge in [0.05, 0.1) is 0 Å². The highest BCUT2D eigenvalue weighted by Crippen LogP contribution is 2.18. The SMILES string of the molecule is CC(C)CCC1(N)C=CNC(N)=N1. The molecular weight excluding hydrogens is 164 g/mol. The summed E-state index contributed by atoms with van der Waals surface area (Å²) < 4.78 is 0. The summed E-state index contributed by atoms with van der Waals surface area (Å²) in [5, 5.41) is 2.79. The molecule has 0 aromatic carbocycles. The van der Waals surface area contributed by atoms with Crippen molar-refractivity contribution < 1.29 is 0 Å². The number of hydrogen-bond donors (Lipinski definition) is 3. The van der Waals surface area contributed by atoms with Crippen LogP contribution in [0.4, 0.5) is 0 Å². The second-order valence-corrected chi connectivity index (χ2v) is 3.90. The number of nitrogens with zero attached hydrogens (tertiary/aromatic N) is 1. The Labute approximate surface area is 79.1 Å². The Kier molecular flexibility index (Phi) is 2.93. The highest BCUT2D eigenvalue weighted by atomic mass is 15.2. The van der Waals surface area contributed by atoms with Gasteiger partial charge in [0.1, 0.15) is 5.66 Å². The summed E-state index contributed by atoms with van der Waals surface area (Å²) >= 11 is 0. The quantitative estimate of drug-likeness (QED) is 0.595. The Hall–Kier alpha value is -1.03. The average molecular weight is 182 g/mol. The lowest BCUT2D eigenvalue weighted by molar-refractivity contribution is 0.431. The molecule has 0 bridgehead atoms. The zero-order chi connectivity index (χ0) is 9.90. The minimum atomic E-state index is -0.598. The van der Waals surface area contributed by atoms with E-state index >= 15 is 0 Å². The lowest BCUT2D eigenvalue weighted by atomic mass is 9.98. The van der Waals surface area contributed by atoms with Crippen molar-refractivity contribution in [3.8, 4) is 0 Å². The van der Waals surface area contributed by atoms with Crippen LogP contribution in [0.5, 0.6) is 0 Å². The first-order chi connectivity index (χ1) is 6.02. The van der Waals surface area contributed by atoms with Gasteiger partial charge in [-0.1, -0.05) is 13.8 Å². The van der Waals surface area contributed by atoms with Gasteiger partial charge in [0, 0.05) is 6.20 Å². The molecule has 1 aliphatic rings. The predicted molar refractivity (Wildman–Crippen MR) is 54.9 cm³/mol. The van der Waals surface area contributed by atoms with Gasteiger partial charge in [-0.2, -0.15) is 0 Å². The second-order valence-electron chi connectivity index (χ2n) is 3.90. The van der Waals surface area contributed by atoms with Crippen LogP contribution in [0.15, 0.2) is 17.3 Å². The Bertz CT molecular complexity index is 232. The number of nitrogens with one attached hydrogen (secondary N) is 1. The smallest absolute Gasteiger partial charge is 0.194 e. The first kappa shape index (κ1) is 10.1. The van der Waals surface area contributed by atoms with Crippen molar-refractivity contribution in [3.05, 3.63) is 12.3 Å². The van der Waals surface area contributed by atoms with Crippen molar-refractivity contribution >= 4 is 5.96 Å². The summed E-state index contributed by atoms with van der Waals surface area (Å²) in [5.74, 6) is 1.04. The van der Waals surface area contributed by atoms with Gasteiger partial charge in [0.2, 0.25) is 0 Å². The molecule has 1 atom stereocenters. The molecule has 74 valence electrons. The van der Waals surface area contributed by atoms with Gasteiger partial charge in [-0.3, -0.25) is 0 Å². The molecule has 13 heavy (non-hydrogen) atoms. The van der Waals surface area contributed by atoms with Crippen LogP contribution < -0.4 is 16.8 Å². The molecule has 1 aliphatic heterocycles. The Morgan fingerprint density at radius 3 is 2.85 bits per heavy atom. The molecule has 4 heteroatoms. The van der Waals surface area contributed by atoms with Crippen molar-refractivity contribution in [2.75, 3.05) is 0 Å². The van der Waals surface area contributed by atoms with Crippen LogP contribution in [0.2, 0.25) is 0 Å². The molecular formula is C9H18N4. The van der Waals surface area contributed by atoms with Crippen molar-refractivity contribution in [1.29, 1.82) is 0 Å². The molecule has 1 unspecified atom stereocenters. The maximum absolute atomic E-state index is 6.00. The van der Waals surface area contributed by atoms with E-state index in [1.165, 1.54) is 0 Å². The van der Waals surface area contributed by atoms with Gasteiger partial charge in [0.25, 0.3) is 0 Å². The van der Waals surface area contributed by atoms with E-state index in [4.69, 9.17) is 11.5 Å². The fraction of sp³-hybridized carbons (Fsp3) is 0.667. The third-order valence-corrected chi connectivity index (χ3v) is 2.05. The molecule has 0 amide bonds. The summed E-state index contributed by atoms with van der Waals surface area (Å²) in [7, 11) is 0. The van der Waals surface area contributed by atoms with Gasteiger partial charge >= 0.3 is 0 Å². The van der Waals surface area contributed by atoms with E-state index in [0.29, 0.717) is 11.9 Å². The Morgan fingerprint density at radius 1 is 1.62 bits per heavy atom. The third-order valence-electron chi connectivity index (χ3n) is 2.05. The average Bonchev–Trinajstić information content (AvgIpc) is 2.01. The second kappa shape index (κ2) is 3.79. The maximum Gasteiger partial charge on any atom is 0.194 e. The standard InChI is InChI=1S/C9H18N4/c1-7(2)3-4-9(11)5-6-12-8(10)13-9/h5-7H,3-4,11H2,1-2H3,(H3,10,12,13). The van der Waals surface area contributed by atoms with Crippen molar-refractivity contribution in [2.24, 2.45) is 22.4 Å². The van der Waals surface area contributed by atoms with Crippen LogP contribution in [0.25, 0.3) is 0 Å². The van der Waals surface area contributed by atoms with E-state index in [2.05, 4.69) is 24.2 Å². The van der Waals surface area contributed by atoms with Crippen molar-refractivity contribution in [2.45, 2.75) is 32.4 Å². The topological polar surface area (TPSA) is 76.4 Å². The number of hydrogen-bond acceptors (Lipinski definition) is 4. The largest absolute Gasteiger partial charge is 0.370 e. The van der Waals surface area contributed by atoms with E-state index in [1.807, 2.05) is 6.08 Å². The molecule has 0 spiro atoms. The zero-order valence-corrected chi connectivity index (χ0v) is 8.25. The van der Waals surface area contributed by atoms with Gasteiger partial charge in [-0.25, -0.2) is 4.99 Å². The van der Waals surface area contributed by atoms with E-state index in [9.17, 15) is 0 Å². The number of nitrogens with two attached hydrogens (primary N) is 2. The Morgan fingerprint density at radius 2 is 2.31 bits per heavy atom. The molecule has 1 heterocycles. The molecule has 0 radical (unpaired) electrons. The van der Waals surface area contributed by atoms with E-state index in [0.717, 1.165) is 12.8 Å². The molecule has 0 saturated heterocycles. The van der Waals surface area contributed by atoms with Crippen LogP contribution >= 0.6 is 0 Å². The normalized spacial score (nSPS) is 27.2. The van der Waals surface area contributed by atoms with Crippen LogP contribution in [-0.4, -0.2) is 11.6 Å². The van der Waals surface area contributed by atoms with Crippen molar-refractivity contribution in [3.63, 3.8) is 0 Å². The van der Waals surface area contributed by atoms with Gasteiger partial charge < -0.3 is 16.8 Å². The van der Waals surface area contributed by atoms with E-state index in [-0.39, 0.29) is 0 Å². The molecule has 1 rings (SSSR count). The summed E-state index contributed by atoms with van der Waals surface area (Å²) in [6, 6.07) is 0. The molecule has 0 fully saturated rings. The number of aliphatic imine (C=N–C) groups is 1. The van der Waals surface area contributed by atoms with Gasteiger partial charge in [-0.05, 0) is 24.8 Å². The summed E-state index contributed by atoms with van der Waals surface area (Å²) in [6.45, 7) is 4.34. The highest BCUT2D eigenvalue weighted by Gasteiger charge is 2.23. The van der Waals surface area contributed by atoms with Crippen LogP contribution in [0.3, 0.4) is 0 Å². The minimum absolute atomic E-state index is 0.397. The number of rotatable bonds is 3.